The van der Waals surface area contributed by atoms with Crippen LogP contribution in [0.5, 0.6) is 0 Å². The maximum absolute atomic E-state index is 12.4. The minimum absolute atomic E-state index is 0.0417. The van der Waals surface area contributed by atoms with Gasteiger partial charge in [-0.25, -0.2) is 0 Å². The molecule has 1 saturated heterocycles. The Balaban J connectivity index is 1.44. The van der Waals surface area contributed by atoms with Gasteiger partial charge in [-0.15, -0.1) is 12.3 Å². The zero-order chi connectivity index (χ0) is 17.9. The summed E-state index contributed by atoms with van der Waals surface area (Å²) in [4.78, 5) is 29.2. The van der Waals surface area contributed by atoms with Gasteiger partial charge < -0.3 is 15.2 Å². The lowest BCUT2D eigenvalue weighted by molar-refractivity contribution is -0.132. The molecule has 0 radical (unpaired) electrons. The van der Waals surface area contributed by atoms with Crippen LogP contribution >= 0.6 is 0 Å². The molecule has 0 saturated carbocycles. The fraction of sp³-hybridized carbons (Fsp3) is 0.625. The van der Waals surface area contributed by atoms with Crippen molar-refractivity contribution in [2.45, 2.75) is 50.1 Å². The predicted molar refractivity (Wildman–Crippen MR) is 86.3 cm³/mol. The number of nitrogens with two attached hydrogens (primary N) is 1. The largest absolute Gasteiger partial charge is 0.363 e. The highest BCUT2D eigenvalue weighted by atomic mass is 16.5. The number of carbonyl (C=O) groups excluding carboxylic acids is 2. The molecule has 0 spiro atoms. The smallest absolute Gasteiger partial charge is 0.290 e. The predicted octanol–water partition coefficient (Wildman–Crippen LogP) is 1.23. The second kappa shape index (κ2) is 7.01. The number of hydrogen-bond donors (Lipinski definition) is 1. The quantitative estimate of drug-likeness (QED) is 0.744. The van der Waals surface area contributed by atoms with Gasteiger partial charge in [0.15, 0.2) is 5.66 Å². The van der Waals surface area contributed by atoms with E-state index in [0.717, 1.165) is 0 Å². The first-order valence-corrected chi connectivity index (χ1v) is 8.32. The molecule has 0 aromatic carbocycles. The summed E-state index contributed by atoms with van der Waals surface area (Å²) in [6, 6.07) is 0. The topological polar surface area (TPSA) is 127 Å². The van der Waals surface area contributed by atoms with Crippen LogP contribution in [0.2, 0.25) is 0 Å². The van der Waals surface area contributed by atoms with Crippen LogP contribution < -0.4 is 5.73 Å². The summed E-state index contributed by atoms with van der Waals surface area (Å²) in [7, 11) is 0. The number of primary amides is 1. The first-order valence-electron chi connectivity index (χ1n) is 8.32. The van der Waals surface area contributed by atoms with Crippen LogP contribution in [0.4, 0.5) is 0 Å². The van der Waals surface area contributed by atoms with Gasteiger partial charge in [-0.3, -0.25) is 9.59 Å². The average molecular weight is 344 g/mol. The van der Waals surface area contributed by atoms with Crippen molar-refractivity contribution in [1.29, 1.82) is 0 Å². The van der Waals surface area contributed by atoms with Gasteiger partial charge in [0.25, 0.3) is 11.7 Å². The molecule has 1 fully saturated rings. The summed E-state index contributed by atoms with van der Waals surface area (Å²) in [5.41, 5.74) is 4.70. The lowest BCUT2D eigenvalue weighted by Crippen LogP contribution is -2.38. The summed E-state index contributed by atoms with van der Waals surface area (Å²) in [5, 5.41) is 11.7. The molecular weight excluding hydrogens is 324 g/mol. The van der Waals surface area contributed by atoms with Crippen molar-refractivity contribution < 1.29 is 14.1 Å². The van der Waals surface area contributed by atoms with E-state index in [4.69, 9.17) is 16.7 Å². The molecule has 2 aliphatic heterocycles. The maximum atomic E-state index is 12.4. The highest BCUT2D eigenvalue weighted by Crippen LogP contribution is 2.38. The van der Waals surface area contributed by atoms with E-state index in [2.05, 4.69) is 26.3 Å². The number of piperidine rings is 1. The molecule has 3 heterocycles. The lowest BCUT2D eigenvalue weighted by atomic mass is 9.96. The van der Waals surface area contributed by atoms with Crippen molar-refractivity contribution in [1.82, 2.24) is 15.0 Å². The van der Waals surface area contributed by atoms with Gasteiger partial charge in [0.05, 0.1) is 0 Å². The molecule has 1 aromatic heterocycles. The Bertz CT molecular complexity index is 720. The van der Waals surface area contributed by atoms with Gasteiger partial charge in [-0.2, -0.15) is 15.2 Å². The number of hydrogen-bond acceptors (Lipinski definition) is 7. The number of rotatable bonds is 7. The molecule has 2 N–H and O–H groups in total. The van der Waals surface area contributed by atoms with Gasteiger partial charge in [0.1, 0.15) is 0 Å². The highest BCUT2D eigenvalue weighted by Gasteiger charge is 2.40. The number of likely N-dealkylation sites (tertiary alicyclic amines) is 1. The fourth-order valence-corrected chi connectivity index (χ4v) is 3.01. The maximum Gasteiger partial charge on any atom is 0.290 e. The highest BCUT2D eigenvalue weighted by molar-refractivity contribution is 5.88. The Morgan fingerprint density at radius 2 is 2.04 bits per heavy atom. The summed E-state index contributed by atoms with van der Waals surface area (Å²) in [6.07, 6.45) is 9.03. The van der Waals surface area contributed by atoms with Crippen molar-refractivity contribution in [3.63, 3.8) is 0 Å². The van der Waals surface area contributed by atoms with E-state index in [-0.39, 0.29) is 17.6 Å². The molecule has 2 amide bonds. The van der Waals surface area contributed by atoms with Crippen molar-refractivity contribution in [2.75, 3.05) is 13.1 Å². The number of carbonyl (C=O) groups is 2. The first kappa shape index (κ1) is 17.1. The summed E-state index contributed by atoms with van der Waals surface area (Å²) < 4.78 is 5.09. The van der Waals surface area contributed by atoms with Crippen LogP contribution in [-0.2, 0) is 4.79 Å². The van der Waals surface area contributed by atoms with E-state index in [1.807, 2.05) is 4.90 Å². The SMILES string of the molecule is C#CCCC1(CCC(=O)N2CCC(c3nc(C(N)=O)no3)CC2)N=N1. The molecule has 3 rings (SSSR count). The number of aromatic nitrogens is 2. The molecule has 1 aromatic rings. The van der Waals surface area contributed by atoms with Gasteiger partial charge >= 0.3 is 0 Å². The molecule has 0 unspecified atom stereocenters. The minimum atomic E-state index is -0.711. The summed E-state index contributed by atoms with van der Waals surface area (Å²) in [6.45, 7) is 1.23. The Morgan fingerprint density at radius 3 is 2.60 bits per heavy atom. The van der Waals surface area contributed by atoms with E-state index in [9.17, 15) is 9.59 Å². The second-order valence-corrected chi connectivity index (χ2v) is 6.36. The summed E-state index contributed by atoms with van der Waals surface area (Å²) in [5.74, 6) is 2.31. The van der Waals surface area contributed by atoms with Crippen molar-refractivity contribution in [3.8, 4) is 12.3 Å². The lowest BCUT2D eigenvalue weighted by Gasteiger charge is -2.30. The van der Waals surface area contributed by atoms with Crippen LogP contribution in [0.1, 0.15) is 61.0 Å². The minimum Gasteiger partial charge on any atom is -0.363 e. The average Bonchev–Trinajstić information content (AvgIpc) is 3.21. The zero-order valence-corrected chi connectivity index (χ0v) is 13.8. The van der Waals surface area contributed by atoms with E-state index >= 15 is 0 Å². The van der Waals surface area contributed by atoms with Crippen LogP contribution in [0.3, 0.4) is 0 Å². The molecular formula is C16H20N6O3. The standard InChI is InChI=1S/C16H20N6O3/c1-2-3-7-16(20-21-16)8-4-12(23)22-9-5-11(6-10-22)15-18-14(13(17)24)19-25-15/h1,11H,3-10H2,(H2,17,24). The Labute approximate surface area is 145 Å². The van der Waals surface area contributed by atoms with Crippen LogP contribution in [0.15, 0.2) is 14.8 Å². The number of nitrogens with zero attached hydrogens (tertiary/aromatic N) is 5. The monoisotopic (exact) mass is 344 g/mol. The Kier molecular flexibility index (Phi) is 4.79. The summed E-state index contributed by atoms with van der Waals surface area (Å²) >= 11 is 0. The van der Waals surface area contributed by atoms with Gasteiger partial charge in [0, 0.05) is 44.7 Å². The number of terminal acetylenes is 1. The Hall–Kier alpha value is -2.76. The van der Waals surface area contributed by atoms with Crippen molar-refractivity contribution >= 4 is 11.8 Å². The van der Waals surface area contributed by atoms with Crippen LogP contribution in [0.25, 0.3) is 0 Å². The third kappa shape index (κ3) is 4.02. The van der Waals surface area contributed by atoms with Gasteiger partial charge in [-0.1, -0.05) is 5.16 Å². The van der Waals surface area contributed by atoms with Crippen LogP contribution in [0, 0.1) is 12.3 Å². The van der Waals surface area contributed by atoms with Crippen molar-refractivity contribution in [2.24, 2.45) is 16.0 Å². The van der Waals surface area contributed by atoms with Crippen LogP contribution in [-0.4, -0.2) is 45.6 Å². The molecule has 9 heteroatoms. The molecule has 9 nitrogen and oxygen atoms in total. The van der Waals surface area contributed by atoms with Gasteiger partial charge in [-0.05, 0) is 12.8 Å². The third-order valence-corrected chi connectivity index (χ3v) is 4.65. The molecule has 0 atom stereocenters. The molecule has 25 heavy (non-hydrogen) atoms. The molecule has 132 valence electrons. The zero-order valence-electron chi connectivity index (χ0n) is 13.8. The van der Waals surface area contributed by atoms with Crippen molar-refractivity contribution in [3.05, 3.63) is 11.7 Å². The van der Waals surface area contributed by atoms with E-state index < -0.39 is 11.6 Å². The third-order valence-electron chi connectivity index (χ3n) is 4.65. The fourth-order valence-electron chi connectivity index (χ4n) is 3.01. The van der Waals surface area contributed by atoms with E-state index in [1.54, 1.807) is 0 Å². The van der Waals surface area contributed by atoms with E-state index in [0.29, 0.717) is 57.5 Å². The Morgan fingerprint density at radius 1 is 1.32 bits per heavy atom. The number of amides is 2. The first-order chi connectivity index (χ1) is 12.0. The molecule has 0 bridgehead atoms. The molecule has 0 aliphatic carbocycles. The van der Waals surface area contributed by atoms with E-state index in [1.165, 1.54) is 0 Å². The normalized spacial score (nSPS) is 18.8. The second-order valence-electron chi connectivity index (χ2n) is 6.36. The molecule has 2 aliphatic rings. The van der Waals surface area contributed by atoms with Gasteiger partial charge in [0.2, 0.25) is 11.8 Å².